The molecule has 0 aliphatic heterocycles. The van der Waals surface area contributed by atoms with Crippen molar-refractivity contribution in [1.29, 1.82) is 0 Å². The van der Waals surface area contributed by atoms with Crippen LogP contribution in [-0.2, 0) is 6.42 Å². The average Bonchev–Trinajstić information content (AvgIpc) is 2.42. The second kappa shape index (κ2) is 8.87. The topological polar surface area (TPSA) is 24.9 Å². The maximum Gasteiger partial charge on any atom is 0.0324 e. The fourth-order valence-electron chi connectivity index (χ4n) is 2.23. The average molecular weight is 246 g/mol. The number of pyridine rings is 1. The van der Waals surface area contributed by atoms with Gasteiger partial charge >= 0.3 is 0 Å². The Morgan fingerprint density at radius 2 is 2.28 bits per heavy atom. The van der Waals surface area contributed by atoms with Gasteiger partial charge in [0.25, 0.3) is 0 Å². The molecule has 18 heavy (non-hydrogen) atoms. The van der Waals surface area contributed by atoms with E-state index in [9.17, 15) is 0 Å². The van der Waals surface area contributed by atoms with Crippen LogP contribution < -0.4 is 5.32 Å². The van der Waals surface area contributed by atoms with Crippen molar-refractivity contribution in [2.75, 3.05) is 6.54 Å². The molecule has 0 aliphatic rings. The Labute approximate surface area is 112 Å². The molecule has 1 rings (SSSR count). The van der Waals surface area contributed by atoms with E-state index in [4.69, 9.17) is 0 Å². The van der Waals surface area contributed by atoms with Gasteiger partial charge in [0, 0.05) is 18.4 Å². The largest absolute Gasteiger partial charge is 0.310 e. The quantitative estimate of drug-likeness (QED) is 0.525. The van der Waals surface area contributed by atoms with Crippen molar-refractivity contribution in [1.82, 2.24) is 10.3 Å². The molecule has 2 heteroatoms. The van der Waals surface area contributed by atoms with Crippen LogP contribution in [0.3, 0.4) is 0 Å². The highest BCUT2D eigenvalue weighted by atomic mass is 14.9. The summed E-state index contributed by atoms with van der Waals surface area (Å²) in [4.78, 5) is 4.23. The Balaban J connectivity index is 2.75. The Morgan fingerprint density at radius 3 is 2.94 bits per heavy atom. The number of allylic oxidation sites excluding steroid dienone is 1. The molecule has 0 bridgehead atoms. The van der Waals surface area contributed by atoms with Crippen molar-refractivity contribution in [3.05, 3.63) is 42.2 Å². The zero-order valence-electron chi connectivity index (χ0n) is 11.8. The Hall–Kier alpha value is -1.15. The van der Waals surface area contributed by atoms with E-state index in [1.807, 2.05) is 18.5 Å². The van der Waals surface area contributed by atoms with E-state index in [0.29, 0.717) is 6.04 Å². The zero-order valence-corrected chi connectivity index (χ0v) is 11.8. The number of aromatic nitrogens is 1. The van der Waals surface area contributed by atoms with Crippen LogP contribution in [0.4, 0.5) is 0 Å². The second-order valence-electron chi connectivity index (χ2n) is 4.65. The number of hydrogen-bond donors (Lipinski definition) is 1. The fourth-order valence-corrected chi connectivity index (χ4v) is 2.23. The van der Waals surface area contributed by atoms with E-state index in [1.54, 1.807) is 0 Å². The van der Waals surface area contributed by atoms with Gasteiger partial charge in [-0.15, -0.1) is 6.58 Å². The lowest BCUT2D eigenvalue weighted by Gasteiger charge is -2.21. The summed E-state index contributed by atoms with van der Waals surface area (Å²) < 4.78 is 0. The predicted molar refractivity (Wildman–Crippen MR) is 78.7 cm³/mol. The molecule has 100 valence electrons. The SMILES string of the molecule is C=CCCCC(NCCC)c1ccncc1CC. The molecule has 0 aromatic carbocycles. The summed E-state index contributed by atoms with van der Waals surface area (Å²) >= 11 is 0. The monoisotopic (exact) mass is 246 g/mol. The van der Waals surface area contributed by atoms with Gasteiger partial charge in [-0.25, -0.2) is 0 Å². The van der Waals surface area contributed by atoms with E-state index in [0.717, 1.165) is 19.4 Å². The molecule has 0 saturated heterocycles. The highest BCUT2D eigenvalue weighted by Gasteiger charge is 2.13. The van der Waals surface area contributed by atoms with Crippen molar-refractivity contribution in [2.45, 2.75) is 52.0 Å². The molecule has 1 aromatic heterocycles. The lowest BCUT2D eigenvalue weighted by molar-refractivity contribution is 0.483. The van der Waals surface area contributed by atoms with Crippen molar-refractivity contribution in [3.8, 4) is 0 Å². The molecule has 0 aliphatic carbocycles. The van der Waals surface area contributed by atoms with E-state index >= 15 is 0 Å². The number of nitrogens with one attached hydrogen (secondary N) is 1. The Morgan fingerprint density at radius 1 is 1.44 bits per heavy atom. The first-order chi connectivity index (χ1) is 8.83. The van der Waals surface area contributed by atoms with Gasteiger partial charge in [0.1, 0.15) is 0 Å². The minimum absolute atomic E-state index is 0.461. The minimum atomic E-state index is 0.461. The van der Waals surface area contributed by atoms with E-state index in [2.05, 4.69) is 36.8 Å². The summed E-state index contributed by atoms with van der Waals surface area (Å²) in [7, 11) is 0. The van der Waals surface area contributed by atoms with Crippen molar-refractivity contribution >= 4 is 0 Å². The number of unbranched alkanes of at least 4 members (excludes halogenated alkanes) is 1. The Kier molecular flexibility index (Phi) is 7.35. The standard InChI is InChI=1S/C16H26N2/c1-4-7-8-9-16(18-11-5-2)15-10-12-17-13-14(15)6-3/h4,10,12-13,16,18H,1,5-9,11H2,2-3H3. The molecule has 1 heterocycles. The smallest absolute Gasteiger partial charge is 0.0324 e. The van der Waals surface area contributed by atoms with Crippen LogP contribution in [0.15, 0.2) is 31.1 Å². The lowest BCUT2D eigenvalue weighted by Crippen LogP contribution is -2.23. The summed E-state index contributed by atoms with van der Waals surface area (Å²) in [5.41, 5.74) is 2.79. The third-order valence-electron chi connectivity index (χ3n) is 3.24. The molecule has 1 atom stereocenters. The number of rotatable bonds is 9. The molecular formula is C16H26N2. The number of nitrogens with zero attached hydrogens (tertiary/aromatic N) is 1. The molecular weight excluding hydrogens is 220 g/mol. The molecule has 1 unspecified atom stereocenters. The van der Waals surface area contributed by atoms with Gasteiger partial charge in [0.2, 0.25) is 0 Å². The third kappa shape index (κ3) is 4.61. The lowest BCUT2D eigenvalue weighted by atomic mass is 9.96. The predicted octanol–water partition coefficient (Wildman–Crippen LogP) is 4.04. The van der Waals surface area contributed by atoms with Gasteiger partial charge in [0.05, 0.1) is 0 Å². The summed E-state index contributed by atoms with van der Waals surface area (Å²) in [6.45, 7) is 9.27. The minimum Gasteiger partial charge on any atom is -0.310 e. The molecule has 0 radical (unpaired) electrons. The van der Waals surface area contributed by atoms with E-state index < -0.39 is 0 Å². The van der Waals surface area contributed by atoms with Crippen LogP contribution in [0.1, 0.15) is 56.7 Å². The van der Waals surface area contributed by atoms with Crippen LogP contribution in [0, 0.1) is 0 Å². The fraction of sp³-hybridized carbons (Fsp3) is 0.562. The third-order valence-corrected chi connectivity index (χ3v) is 3.24. The summed E-state index contributed by atoms with van der Waals surface area (Å²) in [6.07, 6.45) is 11.6. The first-order valence-corrected chi connectivity index (χ1v) is 7.10. The van der Waals surface area contributed by atoms with Crippen LogP contribution in [0.5, 0.6) is 0 Å². The Bertz CT molecular complexity index is 347. The molecule has 0 saturated carbocycles. The van der Waals surface area contributed by atoms with Crippen LogP contribution in [-0.4, -0.2) is 11.5 Å². The van der Waals surface area contributed by atoms with E-state index in [1.165, 1.54) is 30.4 Å². The van der Waals surface area contributed by atoms with Crippen LogP contribution in [0.25, 0.3) is 0 Å². The summed E-state index contributed by atoms with van der Waals surface area (Å²) in [6, 6.07) is 2.63. The van der Waals surface area contributed by atoms with Crippen molar-refractivity contribution in [2.24, 2.45) is 0 Å². The highest BCUT2D eigenvalue weighted by molar-refractivity contribution is 5.26. The molecule has 0 fully saturated rings. The van der Waals surface area contributed by atoms with Gasteiger partial charge in [-0.3, -0.25) is 4.98 Å². The van der Waals surface area contributed by atoms with Crippen LogP contribution in [0.2, 0.25) is 0 Å². The maximum absolute atomic E-state index is 4.23. The number of hydrogen-bond acceptors (Lipinski definition) is 2. The molecule has 1 aromatic rings. The van der Waals surface area contributed by atoms with Gasteiger partial charge in [-0.1, -0.05) is 19.9 Å². The van der Waals surface area contributed by atoms with Gasteiger partial charge in [0.15, 0.2) is 0 Å². The summed E-state index contributed by atoms with van der Waals surface area (Å²) in [5.74, 6) is 0. The number of aryl methyl sites for hydroxylation is 1. The zero-order chi connectivity index (χ0) is 13.2. The maximum atomic E-state index is 4.23. The first kappa shape index (κ1) is 14.9. The normalized spacial score (nSPS) is 12.3. The molecule has 0 spiro atoms. The van der Waals surface area contributed by atoms with E-state index in [-0.39, 0.29) is 0 Å². The van der Waals surface area contributed by atoms with Gasteiger partial charge in [-0.2, -0.15) is 0 Å². The van der Waals surface area contributed by atoms with Crippen molar-refractivity contribution < 1.29 is 0 Å². The van der Waals surface area contributed by atoms with Crippen molar-refractivity contribution in [3.63, 3.8) is 0 Å². The summed E-state index contributed by atoms with van der Waals surface area (Å²) in [5, 5.41) is 3.66. The highest BCUT2D eigenvalue weighted by Crippen LogP contribution is 2.23. The first-order valence-electron chi connectivity index (χ1n) is 7.10. The second-order valence-corrected chi connectivity index (χ2v) is 4.65. The van der Waals surface area contributed by atoms with Crippen LogP contribution >= 0.6 is 0 Å². The molecule has 1 N–H and O–H groups in total. The van der Waals surface area contributed by atoms with Gasteiger partial charge in [-0.05, 0) is 55.8 Å². The van der Waals surface area contributed by atoms with Gasteiger partial charge < -0.3 is 5.32 Å². The molecule has 0 amide bonds. The molecule has 2 nitrogen and oxygen atoms in total.